The molecule has 0 aromatic heterocycles. The molecule has 72 valence electrons. The van der Waals surface area contributed by atoms with Gasteiger partial charge in [0.1, 0.15) is 18.4 Å². The second-order valence-electron chi connectivity index (χ2n) is 3.13. The Morgan fingerprint density at radius 3 is 1.50 bits per heavy atom. The molecule has 0 amide bonds. The van der Waals surface area contributed by atoms with Crippen LogP contribution in [0.1, 0.15) is 6.92 Å². The van der Waals surface area contributed by atoms with Crippen molar-refractivity contribution in [1.29, 1.82) is 0 Å². The molecule has 1 fully saturated rings. The van der Waals surface area contributed by atoms with Gasteiger partial charge in [0.15, 0.2) is 12.3 Å². The number of hydrogen-bond donors (Lipinski definition) is 1. The normalized spacial score (nSPS) is 55.5. The first-order chi connectivity index (χ1) is 5.46. The van der Waals surface area contributed by atoms with Crippen LogP contribution in [0.15, 0.2) is 0 Å². The highest BCUT2D eigenvalue weighted by Gasteiger charge is 2.50. The molecule has 0 heterocycles. The van der Waals surface area contributed by atoms with E-state index in [-0.39, 0.29) is 0 Å². The smallest absolute Gasteiger partial charge is 0.160 e. The fraction of sp³-hybridized carbons (Fsp3) is 1.00. The van der Waals surface area contributed by atoms with Gasteiger partial charge in [0.05, 0.1) is 0 Å². The number of aliphatic hydroxyl groups is 1. The van der Waals surface area contributed by atoms with Crippen molar-refractivity contribution in [3.05, 3.63) is 0 Å². The van der Waals surface area contributed by atoms with E-state index in [0.717, 1.165) is 6.92 Å². The number of rotatable bonds is 0. The number of hydrogen-bond acceptors (Lipinski definition) is 1. The van der Waals surface area contributed by atoms with E-state index in [1.807, 2.05) is 0 Å². The van der Waals surface area contributed by atoms with Crippen LogP contribution in [0, 0.1) is 5.92 Å². The third kappa shape index (κ3) is 1.30. The summed E-state index contributed by atoms with van der Waals surface area (Å²) in [7, 11) is 0. The van der Waals surface area contributed by atoms with E-state index >= 15 is 0 Å². The molecule has 0 aliphatic heterocycles. The molecule has 0 radical (unpaired) electrons. The summed E-state index contributed by atoms with van der Waals surface area (Å²) in [4.78, 5) is 0. The first-order valence-electron chi connectivity index (χ1n) is 3.71. The van der Waals surface area contributed by atoms with Gasteiger partial charge in [-0.2, -0.15) is 0 Å². The molecule has 1 N–H and O–H groups in total. The third-order valence-corrected chi connectivity index (χ3v) is 2.27. The maximum atomic E-state index is 12.7. The molecule has 12 heavy (non-hydrogen) atoms. The van der Waals surface area contributed by atoms with E-state index in [2.05, 4.69) is 0 Å². The monoisotopic (exact) mass is 186 g/mol. The van der Waals surface area contributed by atoms with Gasteiger partial charge in [-0.1, -0.05) is 6.92 Å². The number of aliphatic hydroxyl groups excluding tert-OH is 1. The van der Waals surface area contributed by atoms with Gasteiger partial charge in [0, 0.05) is 5.92 Å². The molecule has 0 spiro atoms. The van der Waals surface area contributed by atoms with Crippen molar-refractivity contribution >= 4 is 0 Å². The van der Waals surface area contributed by atoms with Crippen molar-refractivity contribution in [2.45, 2.75) is 37.7 Å². The quantitative estimate of drug-likeness (QED) is 0.566. The van der Waals surface area contributed by atoms with Gasteiger partial charge in [-0.25, -0.2) is 17.6 Å². The van der Waals surface area contributed by atoms with Crippen molar-refractivity contribution in [2.24, 2.45) is 5.92 Å². The minimum absolute atomic E-state index is 1.08. The van der Waals surface area contributed by atoms with Crippen molar-refractivity contribution in [3.63, 3.8) is 0 Å². The summed E-state index contributed by atoms with van der Waals surface area (Å²) in [5.74, 6) is -1.33. The van der Waals surface area contributed by atoms with Crippen molar-refractivity contribution in [1.82, 2.24) is 0 Å². The lowest BCUT2D eigenvalue weighted by atomic mass is 9.83. The Kier molecular flexibility index (Phi) is 2.61. The lowest BCUT2D eigenvalue weighted by Gasteiger charge is -2.35. The topological polar surface area (TPSA) is 20.2 Å². The van der Waals surface area contributed by atoms with Gasteiger partial charge < -0.3 is 5.11 Å². The molecule has 5 heteroatoms. The van der Waals surface area contributed by atoms with Gasteiger partial charge in [-0.05, 0) is 0 Å². The van der Waals surface area contributed by atoms with Gasteiger partial charge in [0.25, 0.3) is 0 Å². The van der Waals surface area contributed by atoms with Gasteiger partial charge in [-0.15, -0.1) is 0 Å². The van der Waals surface area contributed by atoms with E-state index in [9.17, 15) is 17.6 Å². The van der Waals surface area contributed by atoms with Crippen molar-refractivity contribution in [2.75, 3.05) is 0 Å². The molecular weight excluding hydrogens is 176 g/mol. The first kappa shape index (κ1) is 9.77. The summed E-state index contributed by atoms with van der Waals surface area (Å²) in [6.07, 6.45) is -11.1. The zero-order valence-electron chi connectivity index (χ0n) is 6.42. The van der Waals surface area contributed by atoms with E-state index in [1.54, 1.807) is 0 Å². The SMILES string of the molecule is CC1C(F)C(F)C(O)C(F)C1F. The van der Waals surface area contributed by atoms with E-state index < -0.39 is 36.7 Å². The Hall–Kier alpha value is -0.320. The molecule has 4 unspecified atom stereocenters. The fourth-order valence-electron chi connectivity index (χ4n) is 1.31. The molecule has 0 aromatic carbocycles. The Labute approximate surface area is 67.4 Å². The van der Waals surface area contributed by atoms with Gasteiger partial charge in [-0.3, -0.25) is 0 Å². The molecule has 0 saturated heterocycles. The average molecular weight is 186 g/mol. The largest absolute Gasteiger partial charge is 0.387 e. The second kappa shape index (κ2) is 3.20. The van der Waals surface area contributed by atoms with Crippen LogP contribution in [0.5, 0.6) is 0 Å². The lowest BCUT2D eigenvalue weighted by molar-refractivity contribution is -0.114. The zero-order valence-corrected chi connectivity index (χ0v) is 6.42. The van der Waals surface area contributed by atoms with Gasteiger partial charge in [0.2, 0.25) is 0 Å². The summed E-state index contributed by atoms with van der Waals surface area (Å²) >= 11 is 0. The standard InChI is InChI=1S/C7H10F4O/c1-2-3(8)5(10)7(12)6(11)4(2)9/h2-7,12H,1H3. The predicted molar refractivity (Wildman–Crippen MR) is 34.8 cm³/mol. The molecular formula is C7H10F4O. The Morgan fingerprint density at radius 1 is 0.833 bits per heavy atom. The van der Waals surface area contributed by atoms with E-state index in [4.69, 9.17) is 5.11 Å². The predicted octanol–water partition coefficient (Wildman–Crippen LogP) is 1.35. The molecule has 1 aliphatic rings. The lowest BCUT2D eigenvalue weighted by Crippen LogP contribution is -2.54. The fourth-order valence-corrected chi connectivity index (χ4v) is 1.31. The van der Waals surface area contributed by atoms with Crippen molar-refractivity contribution < 1.29 is 22.7 Å². The van der Waals surface area contributed by atoms with Crippen LogP contribution in [-0.2, 0) is 0 Å². The van der Waals surface area contributed by atoms with E-state index in [1.165, 1.54) is 0 Å². The van der Waals surface area contributed by atoms with Crippen LogP contribution in [-0.4, -0.2) is 35.9 Å². The average Bonchev–Trinajstić information content (AvgIpc) is 2.08. The third-order valence-electron chi connectivity index (χ3n) is 2.27. The van der Waals surface area contributed by atoms with Crippen LogP contribution >= 0.6 is 0 Å². The maximum absolute atomic E-state index is 12.7. The Balaban J connectivity index is 2.76. The molecule has 1 saturated carbocycles. The minimum Gasteiger partial charge on any atom is -0.387 e. The number of halogens is 4. The summed E-state index contributed by atoms with van der Waals surface area (Å²) < 4.78 is 50.6. The molecule has 4 atom stereocenters. The summed E-state index contributed by atoms with van der Waals surface area (Å²) in [6.45, 7) is 1.08. The Bertz CT molecular complexity index is 107. The van der Waals surface area contributed by atoms with E-state index in [0.29, 0.717) is 0 Å². The summed E-state index contributed by atoms with van der Waals surface area (Å²) in [5, 5.41) is 8.67. The maximum Gasteiger partial charge on any atom is 0.160 e. The van der Waals surface area contributed by atoms with Crippen LogP contribution in [0.2, 0.25) is 0 Å². The molecule has 1 aliphatic carbocycles. The molecule has 1 rings (SSSR count). The summed E-state index contributed by atoms with van der Waals surface area (Å²) in [5.41, 5.74) is 0. The van der Waals surface area contributed by atoms with Crippen LogP contribution < -0.4 is 0 Å². The molecule has 0 aromatic rings. The van der Waals surface area contributed by atoms with Crippen LogP contribution in [0.3, 0.4) is 0 Å². The first-order valence-corrected chi connectivity index (χ1v) is 3.71. The molecule has 0 bridgehead atoms. The summed E-state index contributed by atoms with van der Waals surface area (Å²) in [6, 6.07) is 0. The molecule has 1 nitrogen and oxygen atoms in total. The van der Waals surface area contributed by atoms with Gasteiger partial charge >= 0.3 is 0 Å². The zero-order chi connectivity index (χ0) is 9.46. The minimum atomic E-state index is -2.32. The highest BCUT2D eigenvalue weighted by atomic mass is 19.2. The van der Waals surface area contributed by atoms with Crippen LogP contribution in [0.4, 0.5) is 17.6 Å². The Morgan fingerprint density at radius 2 is 1.17 bits per heavy atom. The van der Waals surface area contributed by atoms with Crippen molar-refractivity contribution in [3.8, 4) is 0 Å². The highest BCUT2D eigenvalue weighted by Crippen LogP contribution is 2.33. The number of alkyl halides is 4. The highest BCUT2D eigenvalue weighted by molar-refractivity contribution is 4.97. The second-order valence-corrected chi connectivity index (χ2v) is 3.13. The van der Waals surface area contributed by atoms with Crippen LogP contribution in [0.25, 0.3) is 0 Å².